The summed E-state index contributed by atoms with van der Waals surface area (Å²) >= 11 is 0. The average Bonchev–Trinajstić information content (AvgIpc) is 2.64. The van der Waals surface area contributed by atoms with Gasteiger partial charge in [-0.15, -0.1) is 24.0 Å². The van der Waals surface area contributed by atoms with Gasteiger partial charge in [-0.25, -0.2) is 0 Å². The van der Waals surface area contributed by atoms with Crippen molar-refractivity contribution in [1.82, 2.24) is 20.4 Å². The summed E-state index contributed by atoms with van der Waals surface area (Å²) in [6, 6.07) is 11.8. The first-order valence-corrected chi connectivity index (χ1v) is 10.1. The van der Waals surface area contributed by atoms with Crippen molar-refractivity contribution >= 4 is 29.9 Å². The molecule has 0 atom stereocenters. The predicted octanol–water partition coefficient (Wildman–Crippen LogP) is 3.16. The summed E-state index contributed by atoms with van der Waals surface area (Å²) in [5.74, 6) is 0.964. The van der Waals surface area contributed by atoms with Crippen molar-refractivity contribution in [3.8, 4) is 0 Å². The standard InChI is InChI=1S/C21H37N5.HI/c1-5-22-21(23-13-16-25(4)18(2)3)24-20-11-14-26(15-12-20)17-19-9-7-6-8-10-19;/h6-10,18,20H,5,11-17H2,1-4H3,(H2,22,23,24);1H. The van der Waals surface area contributed by atoms with E-state index in [9.17, 15) is 0 Å². The van der Waals surface area contributed by atoms with Crippen LogP contribution >= 0.6 is 24.0 Å². The zero-order valence-corrected chi connectivity index (χ0v) is 19.8. The molecule has 1 aromatic carbocycles. The SMILES string of the molecule is CCNC(=NCCN(C)C(C)C)NC1CCN(Cc2ccccc2)CC1.I. The molecule has 2 N–H and O–H groups in total. The quantitative estimate of drug-likeness (QED) is 0.336. The highest BCUT2D eigenvalue weighted by atomic mass is 127. The molecule has 1 aromatic rings. The number of halogens is 1. The first-order chi connectivity index (χ1) is 12.6. The fourth-order valence-corrected chi connectivity index (χ4v) is 3.17. The molecule has 0 amide bonds. The number of hydrogen-bond acceptors (Lipinski definition) is 3. The molecule has 154 valence electrons. The summed E-state index contributed by atoms with van der Waals surface area (Å²) in [4.78, 5) is 9.64. The van der Waals surface area contributed by atoms with Gasteiger partial charge in [0.05, 0.1) is 6.54 Å². The van der Waals surface area contributed by atoms with Crippen LogP contribution in [-0.4, -0.2) is 67.6 Å². The molecule has 0 saturated carbocycles. The summed E-state index contributed by atoms with van der Waals surface area (Å²) in [5, 5.41) is 7.03. The number of piperidine rings is 1. The second-order valence-electron chi connectivity index (χ2n) is 7.52. The first kappa shape index (κ1) is 24.2. The lowest BCUT2D eigenvalue weighted by atomic mass is 10.0. The Morgan fingerprint density at radius 2 is 1.89 bits per heavy atom. The number of hydrogen-bond donors (Lipinski definition) is 2. The van der Waals surface area contributed by atoms with Crippen LogP contribution in [0.1, 0.15) is 39.2 Å². The minimum atomic E-state index is 0. The summed E-state index contributed by atoms with van der Waals surface area (Å²) in [6.45, 7) is 12.6. The molecule has 0 aromatic heterocycles. The van der Waals surface area contributed by atoms with E-state index in [0.29, 0.717) is 12.1 Å². The molecule has 0 aliphatic carbocycles. The van der Waals surface area contributed by atoms with Crippen LogP contribution in [0.25, 0.3) is 0 Å². The number of likely N-dealkylation sites (tertiary alicyclic amines) is 1. The minimum absolute atomic E-state index is 0. The lowest BCUT2D eigenvalue weighted by Gasteiger charge is -2.33. The Morgan fingerprint density at radius 3 is 2.48 bits per heavy atom. The molecule has 1 saturated heterocycles. The lowest BCUT2D eigenvalue weighted by molar-refractivity contribution is 0.198. The van der Waals surface area contributed by atoms with Gasteiger partial charge >= 0.3 is 0 Å². The Kier molecular flexibility index (Phi) is 11.9. The van der Waals surface area contributed by atoms with Gasteiger partial charge < -0.3 is 15.5 Å². The second-order valence-corrected chi connectivity index (χ2v) is 7.52. The van der Waals surface area contributed by atoms with Crippen LogP contribution in [0.15, 0.2) is 35.3 Å². The van der Waals surface area contributed by atoms with Crippen molar-refractivity contribution < 1.29 is 0 Å². The van der Waals surface area contributed by atoms with Crippen molar-refractivity contribution in [3.63, 3.8) is 0 Å². The summed E-state index contributed by atoms with van der Waals surface area (Å²) in [5.41, 5.74) is 1.41. The summed E-state index contributed by atoms with van der Waals surface area (Å²) in [7, 11) is 2.16. The maximum Gasteiger partial charge on any atom is 0.191 e. The van der Waals surface area contributed by atoms with E-state index in [1.165, 1.54) is 18.4 Å². The minimum Gasteiger partial charge on any atom is -0.357 e. The number of nitrogens with zero attached hydrogens (tertiary/aromatic N) is 3. The molecule has 6 heteroatoms. The molecule has 2 rings (SSSR count). The zero-order valence-electron chi connectivity index (χ0n) is 17.4. The third-order valence-corrected chi connectivity index (χ3v) is 5.13. The third-order valence-electron chi connectivity index (χ3n) is 5.13. The van der Waals surface area contributed by atoms with E-state index in [2.05, 4.69) is 78.6 Å². The molecule has 1 fully saturated rings. The number of benzene rings is 1. The molecule has 5 nitrogen and oxygen atoms in total. The van der Waals surface area contributed by atoms with Crippen molar-refractivity contribution in [2.75, 3.05) is 39.8 Å². The predicted molar refractivity (Wildman–Crippen MR) is 127 cm³/mol. The highest BCUT2D eigenvalue weighted by Gasteiger charge is 2.20. The Morgan fingerprint density at radius 1 is 1.22 bits per heavy atom. The average molecular weight is 487 g/mol. The van der Waals surface area contributed by atoms with Gasteiger partial charge in [0, 0.05) is 44.8 Å². The Labute approximate surface area is 183 Å². The van der Waals surface area contributed by atoms with E-state index in [4.69, 9.17) is 4.99 Å². The van der Waals surface area contributed by atoms with Gasteiger partial charge in [-0.1, -0.05) is 30.3 Å². The molecule has 0 radical (unpaired) electrons. The van der Waals surface area contributed by atoms with Crippen LogP contribution in [0.2, 0.25) is 0 Å². The number of nitrogens with one attached hydrogen (secondary N) is 2. The van der Waals surface area contributed by atoms with E-state index >= 15 is 0 Å². The van der Waals surface area contributed by atoms with E-state index in [0.717, 1.165) is 45.2 Å². The van der Waals surface area contributed by atoms with Crippen LogP contribution in [0, 0.1) is 0 Å². The van der Waals surface area contributed by atoms with Gasteiger partial charge in [0.2, 0.25) is 0 Å². The van der Waals surface area contributed by atoms with Gasteiger partial charge in [-0.2, -0.15) is 0 Å². The fraction of sp³-hybridized carbons (Fsp3) is 0.667. The van der Waals surface area contributed by atoms with Crippen LogP contribution in [-0.2, 0) is 6.54 Å². The van der Waals surface area contributed by atoms with E-state index in [1.54, 1.807) is 0 Å². The number of likely N-dealkylation sites (N-methyl/N-ethyl adjacent to an activating group) is 1. The molecule has 1 aliphatic heterocycles. The molecule has 1 aliphatic rings. The monoisotopic (exact) mass is 487 g/mol. The molecule has 0 bridgehead atoms. The number of rotatable bonds is 8. The maximum absolute atomic E-state index is 4.76. The summed E-state index contributed by atoms with van der Waals surface area (Å²) < 4.78 is 0. The molecule has 0 unspecified atom stereocenters. The van der Waals surface area contributed by atoms with Gasteiger partial charge in [-0.05, 0) is 46.2 Å². The van der Waals surface area contributed by atoms with Crippen LogP contribution in [0.4, 0.5) is 0 Å². The third kappa shape index (κ3) is 9.25. The van der Waals surface area contributed by atoms with Gasteiger partial charge in [0.1, 0.15) is 0 Å². The molecule has 27 heavy (non-hydrogen) atoms. The van der Waals surface area contributed by atoms with E-state index in [-0.39, 0.29) is 24.0 Å². The Hall–Kier alpha value is -0.860. The van der Waals surface area contributed by atoms with Crippen LogP contribution in [0.3, 0.4) is 0 Å². The molecular weight excluding hydrogens is 449 g/mol. The Balaban J connectivity index is 0.00000364. The Bertz CT molecular complexity index is 527. The zero-order chi connectivity index (χ0) is 18.8. The topological polar surface area (TPSA) is 42.9 Å². The summed E-state index contributed by atoms with van der Waals surface area (Å²) in [6.07, 6.45) is 2.34. The molecule has 1 heterocycles. The highest BCUT2D eigenvalue weighted by molar-refractivity contribution is 14.0. The highest BCUT2D eigenvalue weighted by Crippen LogP contribution is 2.13. The van der Waals surface area contributed by atoms with Crippen molar-refractivity contribution in [2.45, 2.75) is 52.2 Å². The van der Waals surface area contributed by atoms with E-state index in [1.807, 2.05) is 0 Å². The second kappa shape index (κ2) is 13.3. The van der Waals surface area contributed by atoms with Crippen molar-refractivity contribution in [2.24, 2.45) is 4.99 Å². The van der Waals surface area contributed by atoms with E-state index < -0.39 is 0 Å². The normalized spacial score (nSPS) is 16.4. The fourth-order valence-electron chi connectivity index (χ4n) is 3.17. The molecule has 0 spiro atoms. The largest absolute Gasteiger partial charge is 0.357 e. The van der Waals surface area contributed by atoms with Crippen LogP contribution in [0.5, 0.6) is 0 Å². The maximum atomic E-state index is 4.76. The molecular formula is C21H38IN5. The van der Waals surface area contributed by atoms with Crippen molar-refractivity contribution in [1.29, 1.82) is 0 Å². The smallest absolute Gasteiger partial charge is 0.191 e. The van der Waals surface area contributed by atoms with Gasteiger partial charge in [0.15, 0.2) is 5.96 Å². The van der Waals surface area contributed by atoms with Crippen molar-refractivity contribution in [3.05, 3.63) is 35.9 Å². The van der Waals surface area contributed by atoms with Crippen LogP contribution < -0.4 is 10.6 Å². The van der Waals surface area contributed by atoms with Gasteiger partial charge in [0.25, 0.3) is 0 Å². The first-order valence-electron chi connectivity index (χ1n) is 10.1. The number of aliphatic imine (C=N–C) groups is 1. The number of guanidine groups is 1. The lowest BCUT2D eigenvalue weighted by Crippen LogP contribution is -2.48. The van der Waals surface area contributed by atoms with Gasteiger partial charge in [-0.3, -0.25) is 9.89 Å².